The smallest absolute Gasteiger partial charge is 0.214 e. The zero-order valence-electron chi connectivity index (χ0n) is 13.3. The lowest BCUT2D eigenvalue weighted by Gasteiger charge is -2.19. The van der Waals surface area contributed by atoms with Crippen LogP contribution in [0, 0.1) is 17.4 Å². The van der Waals surface area contributed by atoms with Crippen molar-refractivity contribution in [1.82, 2.24) is 0 Å². The SMILES string of the molecule is O=[P@@](C#Cc1ccccc1)(c1ccccc1)[C@@H](O)c1ccc(F)cc1. The van der Waals surface area contributed by atoms with E-state index in [4.69, 9.17) is 0 Å². The molecule has 0 unspecified atom stereocenters. The van der Waals surface area contributed by atoms with Gasteiger partial charge in [-0.1, -0.05) is 66.6 Å². The van der Waals surface area contributed by atoms with Gasteiger partial charge in [0.2, 0.25) is 7.14 Å². The van der Waals surface area contributed by atoms with Gasteiger partial charge in [0.15, 0.2) is 0 Å². The summed E-state index contributed by atoms with van der Waals surface area (Å²) in [5.41, 5.74) is 3.89. The van der Waals surface area contributed by atoms with Crippen molar-refractivity contribution in [3.63, 3.8) is 0 Å². The Kier molecular flexibility index (Phi) is 5.14. The molecule has 0 spiro atoms. The Morgan fingerprint density at radius 2 is 1.40 bits per heavy atom. The molecule has 0 aliphatic rings. The number of hydrogen-bond donors (Lipinski definition) is 1. The number of aliphatic hydroxyl groups is 1. The van der Waals surface area contributed by atoms with Crippen LogP contribution in [0.5, 0.6) is 0 Å². The molecule has 3 rings (SSSR count). The molecule has 0 fully saturated rings. The predicted molar refractivity (Wildman–Crippen MR) is 98.4 cm³/mol. The van der Waals surface area contributed by atoms with Crippen molar-refractivity contribution >= 4 is 12.4 Å². The monoisotopic (exact) mass is 350 g/mol. The molecule has 25 heavy (non-hydrogen) atoms. The summed E-state index contributed by atoms with van der Waals surface area (Å²) < 4.78 is 26.8. The van der Waals surface area contributed by atoms with Gasteiger partial charge >= 0.3 is 0 Å². The fourth-order valence-corrected chi connectivity index (χ4v) is 4.47. The number of benzene rings is 3. The van der Waals surface area contributed by atoms with E-state index >= 15 is 0 Å². The highest BCUT2D eigenvalue weighted by atomic mass is 31.2. The molecule has 0 saturated carbocycles. The first-order valence-corrected chi connectivity index (χ1v) is 9.54. The van der Waals surface area contributed by atoms with Gasteiger partial charge in [0.25, 0.3) is 0 Å². The van der Waals surface area contributed by atoms with Crippen molar-refractivity contribution in [2.75, 3.05) is 0 Å². The normalized spacial score (nSPS) is 14.0. The van der Waals surface area contributed by atoms with Crippen LogP contribution in [-0.2, 0) is 4.57 Å². The van der Waals surface area contributed by atoms with Crippen molar-refractivity contribution in [3.8, 4) is 11.6 Å². The van der Waals surface area contributed by atoms with Crippen molar-refractivity contribution in [1.29, 1.82) is 0 Å². The van der Waals surface area contributed by atoms with Crippen molar-refractivity contribution in [2.45, 2.75) is 5.85 Å². The Morgan fingerprint density at radius 3 is 2.00 bits per heavy atom. The Bertz CT molecular complexity index is 942. The highest BCUT2D eigenvalue weighted by Crippen LogP contribution is 2.55. The lowest BCUT2D eigenvalue weighted by molar-refractivity contribution is 0.257. The summed E-state index contributed by atoms with van der Waals surface area (Å²) in [6.07, 6.45) is 0. The van der Waals surface area contributed by atoms with Crippen LogP contribution in [0.1, 0.15) is 17.0 Å². The molecule has 4 heteroatoms. The highest BCUT2D eigenvalue weighted by molar-refractivity contribution is 7.76. The molecule has 3 aromatic carbocycles. The van der Waals surface area contributed by atoms with Gasteiger partial charge in [0.1, 0.15) is 11.7 Å². The average Bonchev–Trinajstić information content (AvgIpc) is 2.67. The number of hydrogen-bond acceptors (Lipinski definition) is 2. The van der Waals surface area contributed by atoms with Crippen LogP contribution >= 0.6 is 7.14 Å². The third kappa shape index (κ3) is 3.88. The zero-order chi connectivity index (χ0) is 17.7. The van der Waals surface area contributed by atoms with E-state index < -0.39 is 18.8 Å². The van der Waals surface area contributed by atoms with Gasteiger partial charge in [-0.25, -0.2) is 4.39 Å². The Hall–Kier alpha value is -2.66. The second-order valence-electron chi connectivity index (χ2n) is 5.52. The summed E-state index contributed by atoms with van der Waals surface area (Å²) in [5.74, 6) is 1.16. The predicted octanol–water partition coefficient (Wildman–Crippen LogP) is 4.51. The van der Waals surface area contributed by atoms with Gasteiger partial charge in [-0.3, -0.25) is 0 Å². The number of halogens is 1. The molecule has 3 aromatic rings. The molecule has 0 amide bonds. The van der Waals surface area contributed by atoms with Crippen LogP contribution < -0.4 is 5.30 Å². The fourth-order valence-electron chi connectivity index (χ4n) is 2.43. The molecule has 0 bridgehead atoms. The minimum atomic E-state index is -3.49. The van der Waals surface area contributed by atoms with Crippen LogP contribution in [0.15, 0.2) is 84.9 Å². The lowest BCUT2D eigenvalue weighted by Crippen LogP contribution is -2.10. The first-order valence-electron chi connectivity index (χ1n) is 7.77. The van der Waals surface area contributed by atoms with Gasteiger partial charge in [0.05, 0.1) is 0 Å². The Labute approximate surface area is 146 Å². The van der Waals surface area contributed by atoms with E-state index in [1.165, 1.54) is 24.3 Å². The third-order valence-electron chi connectivity index (χ3n) is 3.79. The lowest BCUT2D eigenvalue weighted by atomic mass is 10.2. The zero-order valence-corrected chi connectivity index (χ0v) is 14.2. The average molecular weight is 350 g/mol. The van der Waals surface area contributed by atoms with Crippen molar-refractivity contribution in [3.05, 3.63) is 102 Å². The topological polar surface area (TPSA) is 37.3 Å². The molecule has 0 aliphatic heterocycles. The van der Waals surface area contributed by atoms with Crippen molar-refractivity contribution < 1.29 is 14.1 Å². The Balaban J connectivity index is 2.08. The molecular weight excluding hydrogens is 334 g/mol. The van der Waals surface area contributed by atoms with Gasteiger partial charge in [-0.15, -0.1) is 0 Å². The second kappa shape index (κ2) is 7.49. The molecule has 0 aliphatic carbocycles. The van der Waals surface area contributed by atoms with E-state index in [-0.39, 0.29) is 0 Å². The van der Waals surface area contributed by atoms with Crippen molar-refractivity contribution in [2.24, 2.45) is 0 Å². The molecule has 0 aromatic heterocycles. The molecule has 1 N–H and O–H groups in total. The largest absolute Gasteiger partial charge is 0.379 e. The van der Waals surface area contributed by atoms with Gasteiger partial charge in [-0.05, 0) is 35.5 Å². The third-order valence-corrected chi connectivity index (χ3v) is 6.29. The Morgan fingerprint density at radius 1 is 0.840 bits per heavy atom. The summed E-state index contributed by atoms with van der Waals surface area (Å²) in [6.45, 7) is 0. The van der Waals surface area contributed by atoms with Gasteiger partial charge < -0.3 is 9.67 Å². The molecule has 0 heterocycles. The van der Waals surface area contributed by atoms with Gasteiger partial charge in [-0.2, -0.15) is 0 Å². The quantitative estimate of drug-likeness (QED) is 0.557. The van der Waals surface area contributed by atoms with Crippen LogP contribution in [0.2, 0.25) is 0 Å². The van der Waals surface area contributed by atoms with Crippen LogP contribution in [0.25, 0.3) is 0 Å². The first kappa shape index (κ1) is 17.2. The van der Waals surface area contributed by atoms with E-state index in [2.05, 4.69) is 11.6 Å². The first-order chi connectivity index (χ1) is 12.1. The fraction of sp³-hybridized carbons (Fsp3) is 0.0476. The maximum absolute atomic E-state index is 13.7. The van der Waals surface area contributed by atoms with E-state index in [0.29, 0.717) is 16.4 Å². The molecule has 2 atom stereocenters. The minimum absolute atomic E-state index is 0.371. The van der Waals surface area contributed by atoms with E-state index in [1.54, 1.807) is 24.3 Å². The maximum Gasteiger partial charge on any atom is 0.214 e. The number of rotatable bonds is 3. The van der Waals surface area contributed by atoms with Crippen LogP contribution in [0.4, 0.5) is 4.39 Å². The summed E-state index contributed by atoms with van der Waals surface area (Å²) in [4.78, 5) is 0. The molecule has 124 valence electrons. The molecular formula is C21H16FO2P. The summed E-state index contributed by atoms with van der Waals surface area (Å²) >= 11 is 0. The van der Waals surface area contributed by atoms with Crippen LogP contribution in [0.3, 0.4) is 0 Å². The summed E-state index contributed by atoms with van der Waals surface area (Å²) in [5, 5.41) is 11.2. The van der Waals surface area contributed by atoms with Gasteiger partial charge in [0, 0.05) is 10.9 Å². The van der Waals surface area contributed by atoms with E-state index in [9.17, 15) is 14.1 Å². The summed E-state index contributed by atoms with van der Waals surface area (Å²) in [7, 11) is -3.49. The second-order valence-corrected chi connectivity index (χ2v) is 8.07. The maximum atomic E-state index is 13.7. The molecule has 0 saturated heterocycles. The summed E-state index contributed by atoms with van der Waals surface area (Å²) in [6, 6.07) is 23.2. The van der Waals surface area contributed by atoms with Crippen LogP contribution in [-0.4, -0.2) is 5.11 Å². The van der Waals surface area contributed by atoms with E-state index in [1.807, 2.05) is 36.4 Å². The number of aliphatic hydroxyl groups excluding tert-OH is 1. The van der Waals surface area contributed by atoms with E-state index in [0.717, 1.165) is 0 Å². The molecule has 2 nitrogen and oxygen atoms in total. The highest BCUT2D eigenvalue weighted by Gasteiger charge is 2.33. The standard InChI is InChI=1S/C21H16FO2P/c22-19-13-11-18(12-14-19)21(23)25(24,20-9-5-2-6-10-20)16-15-17-7-3-1-4-8-17/h1-14,21,23H/t21-,25+/m1/s1. The minimum Gasteiger partial charge on any atom is -0.379 e. The molecule has 0 radical (unpaired) electrons.